The van der Waals surface area contributed by atoms with Crippen LogP contribution in [0.15, 0.2) is 0 Å². The van der Waals surface area contributed by atoms with E-state index in [0.717, 1.165) is 0 Å². The van der Waals surface area contributed by atoms with Crippen molar-refractivity contribution in [2.45, 2.75) is 52.6 Å². The highest BCUT2D eigenvalue weighted by Gasteiger charge is 2.31. The van der Waals surface area contributed by atoms with E-state index in [-0.39, 0.29) is 12.5 Å². The lowest BCUT2D eigenvalue weighted by Crippen LogP contribution is -2.54. The lowest BCUT2D eigenvalue weighted by atomic mass is 10.00. The van der Waals surface area contributed by atoms with Gasteiger partial charge >= 0.3 is 5.97 Å². The molecule has 3 N–H and O–H groups in total. The highest BCUT2D eigenvalue weighted by atomic mass is 16.4. The molecule has 0 unspecified atom stereocenters. The summed E-state index contributed by atoms with van der Waals surface area (Å²) in [6.45, 7) is 9.05. The Morgan fingerprint density at radius 2 is 1.76 bits per heavy atom. The fraction of sp³-hybridized carbons (Fsp3) is 0.833. The van der Waals surface area contributed by atoms with E-state index in [1.165, 1.54) is 4.90 Å². The van der Waals surface area contributed by atoms with Crippen molar-refractivity contribution in [1.82, 2.24) is 4.90 Å². The number of rotatable bonds is 5. The minimum Gasteiger partial charge on any atom is -0.480 e. The topological polar surface area (TPSA) is 83.6 Å². The van der Waals surface area contributed by atoms with E-state index in [1.807, 2.05) is 13.8 Å². The third kappa shape index (κ3) is 5.68. The Hall–Kier alpha value is -1.10. The summed E-state index contributed by atoms with van der Waals surface area (Å²) in [5.74, 6) is -1.01. The van der Waals surface area contributed by atoms with Crippen molar-refractivity contribution in [3.8, 4) is 0 Å². The zero-order valence-electron chi connectivity index (χ0n) is 11.4. The van der Waals surface area contributed by atoms with E-state index in [4.69, 9.17) is 10.8 Å². The lowest BCUT2D eigenvalue weighted by Gasteiger charge is -2.36. The zero-order valence-corrected chi connectivity index (χ0v) is 11.4. The van der Waals surface area contributed by atoms with Crippen LogP contribution in [-0.2, 0) is 9.59 Å². The Morgan fingerprint density at radius 1 is 1.29 bits per heavy atom. The molecule has 0 aromatic heterocycles. The van der Waals surface area contributed by atoms with Crippen LogP contribution < -0.4 is 5.73 Å². The molecule has 0 aliphatic carbocycles. The van der Waals surface area contributed by atoms with E-state index >= 15 is 0 Å². The molecule has 0 fully saturated rings. The minimum absolute atomic E-state index is 0.298. The van der Waals surface area contributed by atoms with E-state index in [2.05, 4.69) is 0 Å². The molecule has 0 bridgehead atoms. The van der Waals surface area contributed by atoms with Crippen molar-refractivity contribution < 1.29 is 14.7 Å². The maximum atomic E-state index is 12.1. The van der Waals surface area contributed by atoms with E-state index < -0.39 is 17.6 Å². The molecule has 0 spiro atoms. The van der Waals surface area contributed by atoms with Gasteiger partial charge in [0.2, 0.25) is 5.91 Å². The van der Waals surface area contributed by atoms with Gasteiger partial charge in [0, 0.05) is 5.54 Å². The van der Waals surface area contributed by atoms with Gasteiger partial charge in [0.1, 0.15) is 6.54 Å². The SMILES string of the molecule is CC(C)C[C@@H](N)C(=O)N(CC(=O)O)C(C)(C)C. The summed E-state index contributed by atoms with van der Waals surface area (Å²) < 4.78 is 0. The normalized spacial score (nSPS) is 13.6. The summed E-state index contributed by atoms with van der Waals surface area (Å²) in [4.78, 5) is 24.2. The Kier molecular flexibility index (Phi) is 5.61. The number of aliphatic carboxylic acids is 1. The summed E-state index contributed by atoms with van der Waals surface area (Å²) in [6.07, 6.45) is 0.561. The van der Waals surface area contributed by atoms with Crippen molar-refractivity contribution in [3.05, 3.63) is 0 Å². The molecule has 0 saturated heterocycles. The molecule has 5 heteroatoms. The summed E-state index contributed by atoms with van der Waals surface area (Å²) in [5, 5.41) is 8.83. The molecule has 1 amide bonds. The van der Waals surface area contributed by atoms with Crippen LogP contribution in [-0.4, -0.2) is 40.0 Å². The molecule has 1 atom stereocenters. The summed E-state index contributed by atoms with van der Waals surface area (Å²) in [5.41, 5.74) is 5.27. The van der Waals surface area contributed by atoms with Crippen LogP contribution in [0, 0.1) is 5.92 Å². The Balaban J connectivity index is 4.81. The summed E-state index contributed by atoms with van der Waals surface area (Å²) >= 11 is 0. The summed E-state index contributed by atoms with van der Waals surface area (Å²) in [6, 6.07) is -0.631. The van der Waals surface area contributed by atoms with Crippen LogP contribution in [0.3, 0.4) is 0 Å². The molecule has 0 heterocycles. The predicted octanol–water partition coefficient (Wildman–Crippen LogP) is 1.07. The fourth-order valence-electron chi connectivity index (χ4n) is 1.59. The molecule has 100 valence electrons. The van der Waals surface area contributed by atoms with Crippen molar-refractivity contribution in [3.63, 3.8) is 0 Å². The van der Waals surface area contributed by atoms with Gasteiger partial charge in [-0.1, -0.05) is 13.8 Å². The van der Waals surface area contributed by atoms with Gasteiger partial charge in [0.25, 0.3) is 0 Å². The molecule has 0 aromatic carbocycles. The Bertz CT molecular complexity index is 282. The molecule has 0 aliphatic heterocycles. The number of hydrogen-bond acceptors (Lipinski definition) is 3. The van der Waals surface area contributed by atoms with Crippen LogP contribution in [0.2, 0.25) is 0 Å². The molecule has 0 aromatic rings. The first-order valence-corrected chi connectivity index (χ1v) is 5.84. The van der Waals surface area contributed by atoms with Crippen molar-refractivity contribution in [2.24, 2.45) is 11.7 Å². The van der Waals surface area contributed by atoms with E-state index in [1.54, 1.807) is 20.8 Å². The van der Waals surface area contributed by atoms with Crippen molar-refractivity contribution in [2.75, 3.05) is 6.54 Å². The van der Waals surface area contributed by atoms with Crippen LogP contribution in [0.1, 0.15) is 41.0 Å². The Labute approximate surface area is 103 Å². The maximum absolute atomic E-state index is 12.1. The molecule has 17 heavy (non-hydrogen) atoms. The quantitative estimate of drug-likeness (QED) is 0.757. The Morgan fingerprint density at radius 3 is 2.06 bits per heavy atom. The van der Waals surface area contributed by atoms with Gasteiger partial charge in [0.15, 0.2) is 0 Å². The number of amides is 1. The summed E-state index contributed by atoms with van der Waals surface area (Å²) in [7, 11) is 0. The van der Waals surface area contributed by atoms with Crippen LogP contribution in [0.4, 0.5) is 0 Å². The van der Waals surface area contributed by atoms with E-state index in [0.29, 0.717) is 12.3 Å². The number of carboxylic acid groups (broad SMARTS) is 1. The van der Waals surface area contributed by atoms with Crippen molar-refractivity contribution >= 4 is 11.9 Å². The third-order valence-corrected chi connectivity index (χ3v) is 2.41. The second kappa shape index (κ2) is 6.00. The van der Waals surface area contributed by atoms with Gasteiger partial charge in [-0.2, -0.15) is 0 Å². The average Bonchev–Trinajstić information content (AvgIpc) is 2.09. The van der Waals surface area contributed by atoms with E-state index in [9.17, 15) is 9.59 Å². The van der Waals surface area contributed by atoms with Crippen LogP contribution in [0.25, 0.3) is 0 Å². The first kappa shape index (κ1) is 15.9. The smallest absolute Gasteiger partial charge is 0.323 e. The van der Waals surface area contributed by atoms with Gasteiger partial charge in [0.05, 0.1) is 6.04 Å². The number of carbonyl (C=O) groups excluding carboxylic acids is 1. The second-order valence-corrected chi connectivity index (χ2v) is 5.72. The number of nitrogens with two attached hydrogens (primary N) is 1. The van der Waals surface area contributed by atoms with Gasteiger partial charge in [-0.3, -0.25) is 9.59 Å². The average molecular weight is 244 g/mol. The van der Waals surface area contributed by atoms with Gasteiger partial charge < -0.3 is 15.7 Å². The molecule has 0 radical (unpaired) electrons. The largest absolute Gasteiger partial charge is 0.480 e. The molecular weight excluding hydrogens is 220 g/mol. The number of nitrogens with zero attached hydrogens (tertiary/aromatic N) is 1. The van der Waals surface area contributed by atoms with Crippen LogP contribution >= 0.6 is 0 Å². The van der Waals surface area contributed by atoms with Gasteiger partial charge in [-0.05, 0) is 33.1 Å². The molecular formula is C12H24N2O3. The highest BCUT2D eigenvalue weighted by Crippen LogP contribution is 2.16. The molecule has 0 rings (SSSR count). The van der Waals surface area contributed by atoms with Gasteiger partial charge in [-0.15, -0.1) is 0 Å². The minimum atomic E-state index is -1.02. The first-order valence-electron chi connectivity index (χ1n) is 5.84. The van der Waals surface area contributed by atoms with Gasteiger partial charge in [-0.25, -0.2) is 0 Å². The monoisotopic (exact) mass is 244 g/mol. The fourth-order valence-corrected chi connectivity index (χ4v) is 1.59. The third-order valence-electron chi connectivity index (χ3n) is 2.41. The molecule has 5 nitrogen and oxygen atoms in total. The predicted molar refractivity (Wildman–Crippen MR) is 66.5 cm³/mol. The maximum Gasteiger partial charge on any atom is 0.323 e. The van der Waals surface area contributed by atoms with Crippen molar-refractivity contribution in [1.29, 1.82) is 0 Å². The number of hydrogen-bond donors (Lipinski definition) is 2. The highest BCUT2D eigenvalue weighted by molar-refractivity contribution is 5.85. The number of carbonyl (C=O) groups is 2. The van der Waals surface area contributed by atoms with Crippen LogP contribution in [0.5, 0.6) is 0 Å². The second-order valence-electron chi connectivity index (χ2n) is 5.72. The first-order chi connectivity index (χ1) is 7.55. The molecule has 0 saturated carbocycles. The lowest BCUT2D eigenvalue weighted by molar-refractivity contribution is -0.149. The zero-order chi connectivity index (χ0) is 13.8. The standard InChI is InChI=1S/C12H24N2O3/c1-8(2)6-9(13)11(17)14(7-10(15)16)12(3,4)5/h8-9H,6-7,13H2,1-5H3,(H,15,16)/t9-/m1/s1. The number of carboxylic acids is 1. The molecule has 0 aliphatic rings.